The van der Waals surface area contributed by atoms with Crippen LogP contribution in [-0.4, -0.2) is 28.7 Å². The summed E-state index contributed by atoms with van der Waals surface area (Å²) in [4.78, 5) is 46.2. The zero-order valence-corrected chi connectivity index (χ0v) is 20.6. The molecule has 4 heterocycles. The van der Waals surface area contributed by atoms with E-state index in [2.05, 4.69) is 31.5 Å². The van der Waals surface area contributed by atoms with Gasteiger partial charge in [0.25, 0.3) is 0 Å². The normalized spacial score (nSPS) is 26.6. The van der Waals surface area contributed by atoms with Gasteiger partial charge in [0, 0.05) is 38.9 Å². The van der Waals surface area contributed by atoms with Gasteiger partial charge < -0.3 is 10.3 Å². The number of hydrogen-bond donors (Lipinski definition) is 3. The van der Waals surface area contributed by atoms with Gasteiger partial charge in [0.05, 0.1) is 17.5 Å². The largest absolute Gasteiger partial charge is 0.361 e. The third-order valence-corrected chi connectivity index (χ3v) is 8.30. The van der Waals surface area contributed by atoms with Crippen LogP contribution in [0.4, 0.5) is 11.4 Å². The van der Waals surface area contributed by atoms with Crippen molar-refractivity contribution in [1.29, 1.82) is 0 Å². The molecule has 3 amide bonds. The predicted molar refractivity (Wildman–Crippen MR) is 139 cm³/mol. The molecular weight excluding hydrogens is 520 g/mol. The molecule has 1 spiro atoms. The Kier molecular flexibility index (Phi) is 4.56. The first-order valence-corrected chi connectivity index (χ1v) is 12.7. The van der Waals surface area contributed by atoms with Crippen LogP contribution in [-0.2, 0) is 26.3 Å². The van der Waals surface area contributed by atoms with Gasteiger partial charge >= 0.3 is 0 Å². The molecule has 0 saturated carbocycles. The number of rotatable bonds is 3. The number of benzene rings is 3. The molecule has 36 heavy (non-hydrogen) atoms. The summed E-state index contributed by atoms with van der Waals surface area (Å²) >= 11 is 3.45. The molecule has 8 heteroatoms. The number of H-pyrrole nitrogens is 1. The van der Waals surface area contributed by atoms with E-state index >= 15 is 0 Å². The number of para-hydroxylation sites is 2. The molecule has 3 aliphatic rings. The molecule has 3 aromatic carbocycles. The molecule has 1 aromatic heterocycles. The maximum Gasteiger partial charge on any atom is 0.250 e. The number of carbonyl (C=O) groups is 3. The average Bonchev–Trinajstić information content (AvgIpc) is 3.58. The third kappa shape index (κ3) is 2.79. The Bertz CT molecular complexity index is 1600. The van der Waals surface area contributed by atoms with Crippen LogP contribution in [0.25, 0.3) is 10.9 Å². The first-order valence-electron chi connectivity index (χ1n) is 11.9. The van der Waals surface area contributed by atoms with E-state index in [-0.39, 0.29) is 17.7 Å². The molecule has 4 atom stereocenters. The summed E-state index contributed by atoms with van der Waals surface area (Å²) < 4.78 is 0.768. The van der Waals surface area contributed by atoms with Crippen LogP contribution >= 0.6 is 15.9 Å². The molecule has 178 valence electrons. The van der Waals surface area contributed by atoms with Gasteiger partial charge in [-0.3, -0.25) is 19.7 Å². The molecule has 7 rings (SSSR count). The van der Waals surface area contributed by atoms with Crippen LogP contribution in [0, 0.1) is 11.8 Å². The van der Waals surface area contributed by atoms with Crippen molar-refractivity contribution in [2.75, 3.05) is 10.2 Å². The van der Waals surface area contributed by atoms with E-state index in [1.165, 1.54) is 4.90 Å². The van der Waals surface area contributed by atoms with Crippen LogP contribution in [0.5, 0.6) is 0 Å². The smallest absolute Gasteiger partial charge is 0.250 e. The number of anilines is 2. The van der Waals surface area contributed by atoms with E-state index in [1.54, 1.807) is 18.2 Å². The van der Waals surface area contributed by atoms with E-state index in [1.807, 2.05) is 60.8 Å². The van der Waals surface area contributed by atoms with Crippen molar-refractivity contribution >= 4 is 55.9 Å². The Morgan fingerprint density at radius 1 is 0.917 bits per heavy atom. The zero-order chi connectivity index (χ0) is 24.6. The highest BCUT2D eigenvalue weighted by Crippen LogP contribution is 2.54. The predicted octanol–water partition coefficient (Wildman–Crippen LogP) is 4.10. The molecule has 2 saturated heterocycles. The van der Waals surface area contributed by atoms with Crippen molar-refractivity contribution < 1.29 is 14.4 Å². The topological polar surface area (TPSA) is 94.3 Å². The summed E-state index contributed by atoms with van der Waals surface area (Å²) in [6.07, 6.45) is 2.44. The minimum absolute atomic E-state index is 0.283. The first-order chi connectivity index (χ1) is 17.5. The number of imide groups is 1. The highest BCUT2D eigenvalue weighted by Gasteiger charge is 2.70. The van der Waals surface area contributed by atoms with Crippen LogP contribution < -0.4 is 15.5 Å². The average molecular weight is 541 g/mol. The fraction of sp³-hybridized carbons (Fsp3) is 0.179. The number of fused-ring (bicyclic) bond motifs is 5. The lowest BCUT2D eigenvalue weighted by Crippen LogP contribution is -2.53. The first kappa shape index (κ1) is 21.5. The second kappa shape index (κ2) is 7.62. The minimum atomic E-state index is -1.31. The van der Waals surface area contributed by atoms with Crippen molar-refractivity contribution in [3.63, 3.8) is 0 Å². The van der Waals surface area contributed by atoms with Gasteiger partial charge in [0.2, 0.25) is 17.7 Å². The van der Waals surface area contributed by atoms with Crippen molar-refractivity contribution in [3.8, 4) is 0 Å². The number of nitrogens with zero attached hydrogens (tertiary/aromatic N) is 1. The lowest BCUT2D eigenvalue weighted by molar-refractivity contribution is -0.130. The highest BCUT2D eigenvalue weighted by molar-refractivity contribution is 9.10. The lowest BCUT2D eigenvalue weighted by Gasteiger charge is -2.29. The quantitative estimate of drug-likeness (QED) is 0.341. The van der Waals surface area contributed by atoms with Crippen molar-refractivity contribution in [2.45, 2.75) is 18.0 Å². The van der Waals surface area contributed by atoms with Crippen LogP contribution in [0.1, 0.15) is 11.1 Å². The van der Waals surface area contributed by atoms with Gasteiger partial charge in [-0.1, -0.05) is 58.4 Å². The van der Waals surface area contributed by atoms with Crippen LogP contribution in [0.2, 0.25) is 0 Å². The standard InChI is InChI=1S/C28H21BrN4O3/c29-16-6-5-7-17(13-16)33-25(34)23-22(12-15-14-30-20-10-3-1-8-18(15)20)32-28(24(23)26(33)35)19-9-2-4-11-21(19)31-27(28)36/h1-11,13-14,22-24,30,32H,12H2,(H,31,36)/t22-,23+,24-,28-/m0/s1. The second-order valence-electron chi connectivity index (χ2n) is 9.62. The molecule has 2 fully saturated rings. The van der Waals surface area contributed by atoms with Gasteiger partial charge in [0.1, 0.15) is 5.54 Å². The molecule has 0 unspecified atom stereocenters. The molecule has 3 aliphatic heterocycles. The summed E-state index contributed by atoms with van der Waals surface area (Å²) in [5.74, 6) is -2.49. The van der Waals surface area contributed by atoms with Gasteiger partial charge in [-0.15, -0.1) is 0 Å². The van der Waals surface area contributed by atoms with E-state index in [4.69, 9.17) is 0 Å². The van der Waals surface area contributed by atoms with Crippen molar-refractivity contribution in [3.05, 3.63) is 94.6 Å². The molecule has 4 aromatic rings. The molecule has 3 N–H and O–H groups in total. The van der Waals surface area contributed by atoms with Crippen LogP contribution in [0.3, 0.4) is 0 Å². The van der Waals surface area contributed by atoms with Crippen LogP contribution in [0.15, 0.2) is 83.5 Å². The molecule has 7 nitrogen and oxygen atoms in total. The zero-order valence-electron chi connectivity index (χ0n) is 19.0. The number of aromatic nitrogens is 1. The third-order valence-electron chi connectivity index (χ3n) is 7.80. The fourth-order valence-corrected chi connectivity index (χ4v) is 6.73. The number of amides is 3. The maximum atomic E-state index is 14.0. The maximum absolute atomic E-state index is 14.0. The molecule has 0 radical (unpaired) electrons. The minimum Gasteiger partial charge on any atom is -0.361 e. The fourth-order valence-electron chi connectivity index (χ4n) is 6.34. The number of nitrogens with one attached hydrogen (secondary N) is 3. The monoisotopic (exact) mass is 540 g/mol. The SMILES string of the molecule is O=C1[C@@H]2[C@H](Cc3c[nH]c4ccccc34)N[C@]3(C(=O)Nc4ccccc43)[C@@H]2C(=O)N1c1cccc(Br)c1. The Hall–Kier alpha value is -3.75. The van der Waals surface area contributed by atoms with E-state index in [9.17, 15) is 14.4 Å². The van der Waals surface area contributed by atoms with Gasteiger partial charge in [-0.25, -0.2) is 4.90 Å². The Labute approximate surface area is 215 Å². The summed E-state index contributed by atoms with van der Waals surface area (Å²) in [6, 6.07) is 22.1. The summed E-state index contributed by atoms with van der Waals surface area (Å²) in [5.41, 5.74) is 2.61. The van der Waals surface area contributed by atoms with Gasteiger partial charge in [0.15, 0.2) is 0 Å². The van der Waals surface area contributed by atoms with Crippen molar-refractivity contribution in [2.24, 2.45) is 11.8 Å². The highest BCUT2D eigenvalue weighted by atomic mass is 79.9. The number of hydrogen-bond acceptors (Lipinski definition) is 4. The van der Waals surface area contributed by atoms with E-state index < -0.39 is 23.4 Å². The van der Waals surface area contributed by atoms with E-state index in [0.717, 1.165) is 20.9 Å². The second-order valence-corrected chi connectivity index (χ2v) is 10.5. The number of halogens is 1. The van der Waals surface area contributed by atoms with Gasteiger partial charge in [-0.05, 0) is 42.3 Å². The Morgan fingerprint density at radius 2 is 1.72 bits per heavy atom. The molecular formula is C28H21BrN4O3. The Morgan fingerprint density at radius 3 is 2.58 bits per heavy atom. The number of carbonyl (C=O) groups excluding carboxylic acids is 3. The molecule has 0 aliphatic carbocycles. The lowest BCUT2D eigenvalue weighted by atomic mass is 9.76. The van der Waals surface area contributed by atoms with Gasteiger partial charge in [-0.2, -0.15) is 0 Å². The molecule has 0 bridgehead atoms. The van der Waals surface area contributed by atoms with E-state index in [0.29, 0.717) is 23.4 Å². The Balaban J connectivity index is 1.38. The number of aromatic amines is 1. The summed E-state index contributed by atoms with van der Waals surface area (Å²) in [5, 5.41) is 7.54. The summed E-state index contributed by atoms with van der Waals surface area (Å²) in [7, 11) is 0. The summed E-state index contributed by atoms with van der Waals surface area (Å²) in [6.45, 7) is 0. The van der Waals surface area contributed by atoms with Crippen molar-refractivity contribution in [1.82, 2.24) is 10.3 Å².